The largest absolute Gasteiger partial charge is 0.488 e. The molecule has 0 fully saturated rings. The summed E-state index contributed by atoms with van der Waals surface area (Å²) in [6, 6.07) is 11.0. The first kappa shape index (κ1) is 13.8. The van der Waals surface area contributed by atoms with E-state index in [1.807, 2.05) is 18.2 Å². The molecule has 0 aromatic heterocycles. The van der Waals surface area contributed by atoms with Crippen molar-refractivity contribution < 1.29 is 19.0 Å². The molecule has 0 amide bonds. The maximum absolute atomic E-state index is 13.0. The predicted molar refractivity (Wildman–Crippen MR) is 76.9 cm³/mol. The van der Waals surface area contributed by atoms with E-state index in [-0.39, 0.29) is 12.2 Å². The molecule has 3 nitrogen and oxygen atoms in total. The number of carboxylic acids is 1. The highest BCUT2D eigenvalue weighted by Gasteiger charge is 2.12. The molecular formula is C14H10FIO3. The molecule has 98 valence electrons. The van der Waals surface area contributed by atoms with Crippen molar-refractivity contribution in [2.24, 2.45) is 0 Å². The van der Waals surface area contributed by atoms with Crippen molar-refractivity contribution in [2.75, 3.05) is 0 Å². The molecule has 0 aliphatic carbocycles. The summed E-state index contributed by atoms with van der Waals surface area (Å²) in [7, 11) is 0. The second kappa shape index (κ2) is 6.01. The van der Waals surface area contributed by atoms with Crippen molar-refractivity contribution in [1.29, 1.82) is 0 Å². The molecule has 0 aliphatic rings. The number of benzene rings is 2. The number of rotatable bonds is 4. The number of carboxylic acid groups (broad SMARTS) is 1. The third kappa shape index (κ3) is 3.44. The standard InChI is InChI=1S/C14H10FIO3/c15-10-6-5-9(11(7-10)14(17)18)8-19-13-4-2-1-3-12(13)16/h1-7H,8H2,(H,17,18). The van der Waals surface area contributed by atoms with E-state index < -0.39 is 11.8 Å². The molecule has 0 atom stereocenters. The van der Waals surface area contributed by atoms with Crippen LogP contribution in [0.15, 0.2) is 42.5 Å². The van der Waals surface area contributed by atoms with Gasteiger partial charge in [0.25, 0.3) is 0 Å². The number of halogens is 2. The van der Waals surface area contributed by atoms with Crippen LogP contribution in [0.5, 0.6) is 5.75 Å². The highest BCUT2D eigenvalue weighted by molar-refractivity contribution is 14.1. The van der Waals surface area contributed by atoms with Crippen LogP contribution in [0.3, 0.4) is 0 Å². The van der Waals surface area contributed by atoms with Crippen molar-refractivity contribution in [2.45, 2.75) is 6.61 Å². The highest BCUT2D eigenvalue weighted by atomic mass is 127. The van der Waals surface area contributed by atoms with E-state index in [0.29, 0.717) is 11.3 Å². The minimum atomic E-state index is -1.17. The molecule has 0 saturated heterocycles. The maximum Gasteiger partial charge on any atom is 0.336 e. The summed E-state index contributed by atoms with van der Waals surface area (Å²) < 4.78 is 19.5. The molecule has 0 aliphatic heterocycles. The Bertz CT molecular complexity index is 613. The highest BCUT2D eigenvalue weighted by Crippen LogP contribution is 2.22. The van der Waals surface area contributed by atoms with Gasteiger partial charge in [0.2, 0.25) is 0 Å². The van der Waals surface area contributed by atoms with Crippen LogP contribution in [0.4, 0.5) is 4.39 Å². The number of hydrogen-bond donors (Lipinski definition) is 1. The first-order chi connectivity index (χ1) is 9.08. The van der Waals surface area contributed by atoms with Gasteiger partial charge in [-0.05, 0) is 46.9 Å². The summed E-state index contributed by atoms with van der Waals surface area (Å²) in [5.74, 6) is -1.07. The van der Waals surface area contributed by atoms with Crippen LogP contribution in [0.2, 0.25) is 0 Å². The second-order valence-corrected chi connectivity index (χ2v) is 4.99. The van der Waals surface area contributed by atoms with Gasteiger partial charge in [-0.3, -0.25) is 0 Å². The van der Waals surface area contributed by atoms with Crippen LogP contribution in [0.1, 0.15) is 15.9 Å². The average molecular weight is 372 g/mol. The molecule has 2 rings (SSSR count). The van der Waals surface area contributed by atoms with Gasteiger partial charge in [0, 0.05) is 5.56 Å². The van der Waals surface area contributed by atoms with Gasteiger partial charge >= 0.3 is 5.97 Å². The molecule has 5 heteroatoms. The predicted octanol–water partition coefficient (Wildman–Crippen LogP) is 3.71. The lowest BCUT2D eigenvalue weighted by molar-refractivity contribution is 0.0693. The molecule has 0 unspecified atom stereocenters. The number of ether oxygens (including phenoxy) is 1. The van der Waals surface area contributed by atoms with Gasteiger partial charge in [-0.15, -0.1) is 0 Å². The first-order valence-corrected chi connectivity index (χ1v) is 6.55. The van der Waals surface area contributed by atoms with Crippen molar-refractivity contribution in [3.05, 3.63) is 63.0 Å². The van der Waals surface area contributed by atoms with Crippen LogP contribution in [0.25, 0.3) is 0 Å². The maximum atomic E-state index is 13.0. The zero-order valence-electron chi connectivity index (χ0n) is 9.77. The summed E-state index contributed by atoms with van der Waals surface area (Å²) >= 11 is 2.13. The van der Waals surface area contributed by atoms with Crippen LogP contribution >= 0.6 is 22.6 Å². The SMILES string of the molecule is O=C(O)c1cc(F)ccc1COc1ccccc1I. The van der Waals surface area contributed by atoms with Crippen LogP contribution in [0, 0.1) is 9.39 Å². The van der Waals surface area contributed by atoms with Gasteiger partial charge in [-0.25, -0.2) is 9.18 Å². The third-order valence-electron chi connectivity index (χ3n) is 2.52. The smallest absolute Gasteiger partial charge is 0.336 e. The molecular weight excluding hydrogens is 362 g/mol. The first-order valence-electron chi connectivity index (χ1n) is 5.47. The molecule has 0 spiro atoms. The lowest BCUT2D eigenvalue weighted by Gasteiger charge is -2.10. The molecule has 1 N–H and O–H groups in total. The molecule has 19 heavy (non-hydrogen) atoms. The summed E-state index contributed by atoms with van der Waals surface area (Å²) in [5, 5.41) is 9.02. The van der Waals surface area contributed by atoms with Crippen molar-refractivity contribution in [3.63, 3.8) is 0 Å². The summed E-state index contributed by atoms with van der Waals surface area (Å²) in [5.41, 5.74) is 0.361. The van der Waals surface area contributed by atoms with Gasteiger partial charge in [0.15, 0.2) is 0 Å². The number of aromatic carboxylic acids is 1. The number of hydrogen-bond acceptors (Lipinski definition) is 2. The van der Waals surface area contributed by atoms with Gasteiger partial charge in [-0.2, -0.15) is 0 Å². The van der Waals surface area contributed by atoms with E-state index >= 15 is 0 Å². The van der Waals surface area contributed by atoms with Gasteiger partial charge in [0.05, 0.1) is 9.13 Å². The minimum absolute atomic E-state index is 0.0778. The van der Waals surface area contributed by atoms with Gasteiger partial charge in [-0.1, -0.05) is 18.2 Å². The Morgan fingerprint density at radius 2 is 2.00 bits per heavy atom. The number of carbonyl (C=O) groups is 1. The zero-order chi connectivity index (χ0) is 13.8. The Kier molecular flexibility index (Phi) is 4.36. The van der Waals surface area contributed by atoms with Crippen LogP contribution in [-0.2, 0) is 6.61 Å². The van der Waals surface area contributed by atoms with E-state index in [1.54, 1.807) is 6.07 Å². The lowest BCUT2D eigenvalue weighted by Crippen LogP contribution is -2.06. The fourth-order valence-corrected chi connectivity index (χ4v) is 2.13. The van der Waals surface area contributed by atoms with E-state index in [2.05, 4.69) is 22.6 Å². The Balaban J connectivity index is 2.20. The fourth-order valence-electron chi connectivity index (χ4n) is 1.59. The molecule has 0 saturated carbocycles. The minimum Gasteiger partial charge on any atom is -0.488 e. The van der Waals surface area contributed by atoms with E-state index in [9.17, 15) is 9.18 Å². The van der Waals surface area contributed by atoms with Crippen molar-refractivity contribution in [1.82, 2.24) is 0 Å². The molecule has 2 aromatic rings. The topological polar surface area (TPSA) is 46.5 Å². The Morgan fingerprint density at radius 1 is 1.26 bits per heavy atom. The van der Waals surface area contributed by atoms with E-state index in [0.717, 1.165) is 9.64 Å². The van der Waals surface area contributed by atoms with Gasteiger partial charge < -0.3 is 9.84 Å². The molecule has 0 heterocycles. The second-order valence-electron chi connectivity index (χ2n) is 3.83. The normalized spacial score (nSPS) is 10.2. The number of para-hydroxylation sites is 1. The fraction of sp³-hybridized carbons (Fsp3) is 0.0714. The summed E-state index contributed by atoms with van der Waals surface area (Å²) in [6.07, 6.45) is 0. The molecule has 2 aromatic carbocycles. The monoisotopic (exact) mass is 372 g/mol. The quantitative estimate of drug-likeness (QED) is 0.833. The Labute approximate surface area is 123 Å². The van der Waals surface area contributed by atoms with E-state index in [1.165, 1.54) is 12.1 Å². The zero-order valence-corrected chi connectivity index (χ0v) is 11.9. The average Bonchev–Trinajstić information content (AvgIpc) is 2.38. The Hall–Kier alpha value is -1.63. The van der Waals surface area contributed by atoms with Gasteiger partial charge in [0.1, 0.15) is 18.2 Å². The summed E-state index contributed by atoms with van der Waals surface area (Å²) in [4.78, 5) is 11.0. The molecule has 0 bridgehead atoms. The molecule has 0 radical (unpaired) electrons. The lowest BCUT2D eigenvalue weighted by atomic mass is 10.1. The van der Waals surface area contributed by atoms with Crippen molar-refractivity contribution >= 4 is 28.6 Å². The van der Waals surface area contributed by atoms with Crippen LogP contribution in [-0.4, -0.2) is 11.1 Å². The van der Waals surface area contributed by atoms with Crippen molar-refractivity contribution in [3.8, 4) is 5.75 Å². The van der Waals surface area contributed by atoms with Crippen LogP contribution < -0.4 is 4.74 Å². The van der Waals surface area contributed by atoms with E-state index in [4.69, 9.17) is 9.84 Å². The third-order valence-corrected chi connectivity index (χ3v) is 3.41. The Morgan fingerprint density at radius 3 is 2.68 bits per heavy atom. The summed E-state index contributed by atoms with van der Waals surface area (Å²) in [6.45, 7) is 0.0852.